The minimum absolute atomic E-state index is 0.644. The summed E-state index contributed by atoms with van der Waals surface area (Å²) >= 11 is 6.72. The zero-order valence-electron chi connectivity index (χ0n) is 15.0. The second kappa shape index (κ2) is 5.80. The molecule has 0 N–H and O–H groups in total. The molecule has 136 valence electrons. The van der Waals surface area contributed by atoms with Crippen LogP contribution in [-0.2, 0) is 13.0 Å². The van der Waals surface area contributed by atoms with Crippen molar-refractivity contribution in [1.29, 1.82) is 0 Å². The first-order valence-corrected chi connectivity index (χ1v) is 10.1. The molecule has 0 saturated heterocycles. The molecular weight excluding hydrogens is 358 g/mol. The van der Waals surface area contributed by atoms with E-state index < -0.39 is 0 Å². The first-order chi connectivity index (χ1) is 13.3. The Kier molecular flexibility index (Phi) is 3.36. The summed E-state index contributed by atoms with van der Waals surface area (Å²) in [5, 5.41) is 10.5. The van der Waals surface area contributed by atoms with Crippen LogP contribution in [0.4, 0.5) is 0 Å². The molecule has 0 bridgehead atoms. The first kappa shape index (κ1) is 15.6. The van der Waals surface area contributed by atoms with Crippen LogP contribution in [0.3, 0.4) is 0 Å². The molecule has 0 atom stereocenters. The fourth-order valence-electron chi connectivity index (χ4n) is 3.87. The van der Waals surface area contributed by atoms with Crippen LogP contribution in [0.5, 0.6) is 0 Å². The third-order valence-electron chi connectivity index (χ3n) is 5.82. The molecular formula is C21H20ClN5. The van der Waals surface area contributed by atoms with Crippen LogP contribution >= 0.6 is 11.6 Å². The SMILES string of the molecule is Clc1c(-c2cnc3c(ccn3CC3CC3)c2)ccn2c(CC3CC3)nnc12. The average molecular weight is 378 g/mol. The third-order valence-corrected chi connectivity index (χ3v) is 6.19. The van der Waals surface area contributed by atoms with Crippen molar-refractivity contribution in [3.63, 3.8) is 0 Å². The fraction of sp³-hybridized carbons (Fsp3) is 0.381. The van der Waals surface area contributed by atoms with Gasteiger partial charge in [0.2, 0.25) is 0 Å². The van der Waals surface area contributed by atoms with Gasteiger partial charge in [-0.25, -0.2) is 4.98 Å². The number of halogens is 1. The van der Waals surface area contributed by atoms with E-state index >= 15 is 0 Å². The Balaban J connectivity index is 1.40. The number of fused-ring (bicyclic) bond motifs is 2. The summed E-state index contributed by atoms with van der Waals surface area (Å²) in [4.78, 5) is 4.73. The highest BCUT2D eigenvalue weighted by Crippen LogP contribution is 2.36. The molecule has 5 nitrogen and oxygen atoms in total. The Morgan fingerprint density at radius 3 is 2.67 bits per heavy atom. The number of rotatable bonds is 5. The molecule has 0 radical (unpaired) electrons. The maximum absolute atomic E-state index is 6.72. The first-order valence-electron chi connectivity index (χ1n) is 9.73. The third kappa shape index (κ3) is 2.72. The zero-order valence-corrected chi connectivity index (χ0v) is 15.7. The molecule has 4 heterocycles. The van der Waals surface area contributed by atoms with Crippen LogP contribution in [0, 0.1) is 11.8 Å². The highest BCUT2D eigenvalue weighted by molar-refractivity contribution is 6.36. The van der Waals surface area contributed by atoms with Gasteiger partial charge in [0, 0.05) is 48.1 Å². The van der Waals surface area contributed by atoms with E-state index in [4.69, 9.17) is 16.6 Å². The minimum Gasteiger partial charge on any atom is -0.332 e. The van der Waals surface area contributed by atoms with Gasteiger partial charge in [-0.05, 0) is 55.7 Å². The normalized spacial score (nSPS) is 17.2. The molecule has 0 aliphatic heterocycles. The number of nitrogens with zero attached hydrogens (tertiary/aromatic N) is 5. The van der Waals surface area contributed by atoms with Crippen LogP contribution in [0.15, 0.2) is 36.8 Å². The number of hydrogen-bond donors (Lipinski definition) is 0. The molecule has 27 heavy (non-hydrogen) atoms. The lowest BCUT2D eigenvalue weighted by Crippen LogP contribution is -1.99. The van der Waals surface area contributed by atoms with Crippen molar-refractivity contribution < 1.29 is 0 Å². The standard InChI is InChI=1S/C21H20ClN5/c22-19-17(6-8-27-18(9-13-1-2-13)24-25-21(19)27)16-10-15-5-7-26(12-14-3-4-14)20(15)23-11-16/h5-8,10-11,13-14H,1-4,9,12H2. The summed E-state index contributed by atoms with van der Waals surface area (Å²) in [6.45, 7) is 1.08. The lowest BCUT2D eigenvalue weighted by Gasteiger charge is -2.08. The van der Waals surface area contributed by atoms with Crippen LogP contribution < -0.4 is 0 Å². The average Bonchev–Trinajstić information content (AvgIpc) is 3.58. The van der Waals surface area contributed by atoms with Gasteiger partial charge < -0.3 is 4.57 Å². The van der Waals surface area contributed by atoms with E-state index in [2.05, 4.69) is 39.2 Å². The Hall–Kier alpha value is -2.40. The van der Waals surface area contributed by atoms with Crippen LogP contribution in [0.25, 0.3) is 27.8 Å². The Morgan fingerprint density at radius 1 is 1.00 bits per heavy atom. The number of pyridine rings is 2. The second-order valence-corrected chi connectivity index (χ2v) is 8.43. The largest absolute Gasteiger partial charge is 0.332 e. The molecule has 0 unspecified atom stereocenters. The minimum atomic E-state index is 0.644. The number of hydrogen-bond acceptors (Lipinski definition) is 3. The summed E-state index contributed by atoms with van der Waals surface area (Å²) < 4.78 is 4.30. The van der Waals surface area contributed by atoms with Crippen molar-refractivity contribution in [2.24, 2.45) is 11.8 Å². The van der Waals surface area contributed by atoms with Gasteiger partial charge in [0.15, 0.2) is 5.65 Å². The molecule has 6 heteroatoms. The van der Waals surface area contributed by atoms with E-state index in [1.807, 2.05) is 16.8 Å². The van der Waals surface area contributed by atoms with Crippen molar-refractivity contribution in [2.75, 3.05) is 0 Å². The predicted octanol–water partition coefficient (Wildman–Crippen LogP) is 4.76. The van der Waals surface area contributed by atoms with Crippen molar-refractivity contribution >= 4 is 28.3 Å². The Morgan fingerprint density at radius 2 is 1.85 bits per heavy atom. The van der Waals surface area contributed by atoms with E-state index in [-0.39, 0.29) is 0 Å². The van der Waals surface area contributed by atoms with Gasteiger partial charge in [-0.15, -0.1) is 10.2 Å². The van der Waals surface area contributed by atoms with E-state index in [0.717, 1.165) is 58.4 Å². The van der Waals surface area contributed by atoms with Gasteiger partial charge in [0.05, 0.1) is 5.02 Å². The molecule has 2 aliphatic carbocycles. The Labute approximate surface area is 162 Å². The van der Waals surface area contributed by atoms with Crippen molar-refractivity contribution in [2.45, 2.75) is 38.6 Å². The van der Waals surface area contributed by atoms with E-state index in [0.29, 0.717) is 5.02 Å². The monoisotopic (exact) mass is 377 g/mol. The highest BCUT2D eigenvalue weighted by Gasteiger charge is 2.25. The van der Waals surface area contributed by atoms with Crippen molar-refractivity contribution in [3.8, 4) is 11.1 Å². The van der Waals surface area contributed by atoms with E-state index in [1.165, 1.54) is 25.7 Å². The molecule has 0 spiro atoms. The van der Waals surface area contributed by atoms with Gasteiger partial charge >= 0.3 is 0 Å². The zero-order chi connectivity index (χ0) is 18.0. The van der Waals surface area contributed by atoms with Gasteiger partial charge in [-0.3, -0.25) is 4.40 Å². The van der Waals surface area contributed by atoms with Gasteiger partial charge in [0.1, 0.15) is 11.5 Å². The second-order valence-electron chi connectivity index (χ2n) is 8.05. The summed E-state index contributed by atoms with van der Waals surface area (Å²) in [5.41, 5.74) is 3.76. The van der Waals surface area contributed by atoms with E-state index in [1.54, 1.807) is 0 Å². The molecule has 2 aliphatic rings. The summed E-state index contributed by atoms with van der Waals surface area (Å²) in [6, 6.07) is 6.37. The fourth-order valence-corrected chi connectivity index (χ4v) is 4.17. The maximum atomic E-state index is 6.72. The van der Waals surface area contributed by atoms with Crippen molar-refractivity contribution in [1.82, 2.24) is 24.1 Å². The quantitative estimate of drug-likeness (QED) is 0.503. The lowest BCUT2D eigenvalue weighted by molar-refractivity contribution is 0.643. The predicted molar refractivity (Wildman–Crippen MR) is 106 cm³/mol. The molecule has 0 aromatic carbocycles. The van der Waals surface area contributed by atoms with Crippen LogP contribution in [-0.4, -0.2) is 24.1 Å². The Bertz CT molecular complexity index is 1170. The lowest BCUT2D eigenvalue weighted by atomic mass is 10.1. The topological polar surface area (TPSA) is 48.0 Å². The molecule has 4 aromatic heterocycles. The van der Waals surface area contributed by atoms with Crippen LogP contribution in [0.1, 0.15) is 31.5 Å². The number of aromatic nitrogens is 5. The summed E-state index contributed by atoms with van der Waals surface area (Å²) in [5.74, 6) is 2.60. The summed E-state index contributed by atoms with van der Waals surface area (Å²) in [6.07, 6.45) is 12.4. The summed E-state index contributed by atoms with van der Waals surface area (Å²) in [7, 11) is 0. The molecule has 6 rings (SSSR count). The smallest absolute Gasteiger partial charge is 0.180 e. The van der Waals surface area contributed by atoms with Gasteiger partial charge in [0.25, 0.3) is 0 Å². The van der Waals surface area contributed by atoms with Crippen LogP contribution in [0.2, 0.25) is 5.02 Å². The van der Waals surface area contributed by atoms with Gasteiger partial charge in [-0.1, -0.05) is 11.6 Å². The van der Waals surface area contributed by atoms with Gasteiger partial charge in [-0.2, -0.15) is 0 Å². The molecule has 4 aromatic rings. The van der Waals surface area contributed by atoms with E-state index in [9.17, 15) is 0 Å². The molecule has 0 amide bonds. The maximum Gasteiger partial charge on any atom is 0.180 e. The molecule has 2 saturated carbocycles. The molecule has 2 fully saturated rings. The highest BCUT2D eigenvalue weighted by atomic mass is 35.5. The van der Waals surface area contributed by atoms with Crippen molar-refractivity contribution in [3.05, 3.63) is 47.6 Å².